The molecule has 1 saturated heterocycles. The van der Waals surface area contributed by atoms with Crippen molar-refractivity contribution < 1.29 is 8.42 Å². The van der Waals surface area contributed by atoms with Gasteiger partial charge in [-0.15, -0.1) is 0 Å². The first-order valence-corrected chi connectivity index (χ1v) is 9.53. The summed E-state index contributed by atoms with van der Waals surface area (Å²) in [5.41, 5.74) is 0. The second kappa shape index (κ2) is 6.66. The predicted octanol–water partition coefficient (Wildman–Crippen LogP) is 0.940. The number of aromatic nitrogens is 4. The predicted molar refractivity (Wildman–Crippen MR) is 89.8 cm³/mol. The second-order valence-electron chi connectivity index (χ2n) is 6.64. The largest absolute Gasteiger partial charge is 0.347 e. The summed E-state index contributed by atoms with van der Waals surface area (Å²) in [7, 11) is -1.61. The summed E-state index contributed by atoms with van der Waals surface area (Å²) in [6, 6.07) is -0.0822. The Morgan fingerprint density at radius 3 is 2.79 bits per heavy atom. The van der Waals surface area contributed by atoms with Gasteiger partial charge < -0.3 is 9.55 Å². The summed E-state index contributed by atoms with van der Waals surface area (Å²) in [6.07, 6.45) is 6.65. The number of piperazine rings is 1. The SMILES string of the molecule is CC(C)Cn1cnc(S(=O)(=O)N2CCN(C)[C@@H](c3ncc[nH]3)C2)c1. The molecule has 0 bridgehead atoms. The molecular formula is C15H24N6O2S. The van der Waals surface area contributed by atoms with Crippen LogP contribution in [0.1, 0.15) is 25.7 Å². The van der Waals surface area contributed by atoms with Gasteiger partial charge in [0, 0.05) is 44.8 Å². The molecule has 0 spiro atoms. The van der Waals surface area contributed by atoms with Gasteiger partial charge >= 0.3 is 0 Å². The standard InChI is InChI=1S/C15H24N6O2S/c1-12(2)8-20-10-14(18-11-20)24(22,23)21-7-6-19(3)13(9-21)15-16-4-5-17-15/h4-5,10-13H,6-9H2,1-3H3,(H,16,17)/t13-/m1/s1. The van der Waals surface area contributed by atoms with Crippen molar-refractivity contribution in [1.29, 1.82) is 0 Å². The van der Waals surface area contributed by atoms with E-state index in [0.29, 0.717) is 25.6 Å². The lowest BCUT2D eigenvalue weighted by atomic mass is 10.2. The average molecular weight is 352 g/mol. The number of hydrogen-bond acceptors (Lipinski definition) is 5. The monoisotopic (exact) mass is 352 g/mol. The third-order valence-electron chi connectivity index (χ3n) is 4.24. The first-order chi connectivity index (χ1) is 11.4. The van der Waals surface area contributed by atoms with Gasteiger partial charge in [-0.3, -0.25) is 4.90 Å². The van der Waals surface area contributed by atoms with E-state index in [1.165, 1.54) is 4.31 Å². The molecule has 1 atom stereocenters. The number of H-pyrrole nitrogens is 1. The van der Waals surface area contributed by atoms with Crippen LogP contribution < -0.4 is 0 Å². The number of nitrogens with one attached hydrogen (secondary N) is 1. The number of likely N-dealkylation sites (N-methyl/N-ethyl adjacent to an activating group) is 1. The zero-order valence-corrected chi connectivity index (χ0v) is 15.1. The molecule has 0 radical (unpaired) electrons. The fourth-order valence-corrected chi connectivity index (χ4v) is 4.32. The molecule has 1 N–H and O–H groups in total. The van der Waals surface area contributed by atoms with E-state index in [4.69, 9.17) is 0 Å². The molecule has 9 heteroatoms. The van der Waals surface area contributed by atoms with Crippen LogP contribution in [0.25, 0.3) is 0 Å². The third kappa shape index (κ3) is 3.38. The molecule has 0 aliphatic carbocycles. The van der Waals surface area contributed by atoms with Crippen LogP contribution in [-0.2, 0) is 16.6 Å². The Hall–Kier alpha value is -1.71. The molecule has 0 aromatic carbocycles. The summed E-state index contributed by atoms with van der Waals surface area (Å²) in [4.78, 5) is 13.6. The normalized spacial score (nSPS) is 20.8. The Morgan fingerprint density at radius 2 is 2.12 bits per heavy atom. The molecule has 2 aromatic rings. The quantitative estimate of drug-likeness (QED) is 0.865. The van der Waals surface area contributed by atoms with Crippen molar-refractivity contribution >= 4 is 10.0 Å². The molecule has 1 fully saturated rings. The van der Waals surface area contributed by atoms with E-state index in [0.717, 1.165) is 12.4 Å². The summed E-state index contributed by atoms with van der Waals surface area (Å²) in [5, 5.41) is 0.117. The first-order valence-electron chi connectivity index (χ1n) is 8.09. The number of rotatable bonds is 5. The van der Waals surface area contributed by atoms with E-state index in [-0.39, 0.29) is 11.1 Å². The molecule has 24 heavy (non-hydrogen) atoms. The highest BCUT2D eigenvalue weighted by molar-refractivity contribution is 7.89. The Kier molecular flexibility index (Phi) is 4.75. The van der Waals surface area contributed by atoms with E-state index >= 15 is 0 Å². The van der Waals surface area contributed by atoms with Crippen molar-refractivity contribution in [3.63, 3.8) is 0 Å². The molecule has 132 valence electrons. The second-order valence-corrected chi connectivity index (χ2v) is 8.52. The lowest BCUT2D eigenvalue weighted by molar-refractivity contribution is 0.142. The number of hydrogen-bond donors (Lipinski definition) is 1. The van der Waals surface area contributed by atoms with Crippen molar-refractivity contribution in [2.75, 3.05) is 26.7 Å². The van der Waals surface area contributed by atoms with Crippen molar-refractivity contribution in [3.8, 4) is 0 Å². The molecular weight excluding hydrogens is 328 g/mol. The van der Waals surface area contributed by atoms with Gasteiger partial charge in [0.1, 0.15) is 5.82 Å². The van der Waals surface area contributed by atoms with Gasteiger partial charge in [-0.25, -0.2) is 18.4 Å². The van der Waals surface area contributed by atoms with E-state index in [1.807, 2.05) is 11.6 Å². The lowest BCUT2D eigenvalue weighted by Gasteiger charge is -2.37. The Labute approximate surface area is 142 Å². The van der Waals surface area contributed by atoms with Gasteiger partial charge in [-0.2, -0.15) is 4.31 Å². The number of aromatic amines is 1. The minimum absolute atomic E-state index is 0.0822. The van der Waals surface area contributed by atoms with E-state index in [9.17, 15) is 8.42 Å². The van der Waals surface area contributed by atoms with Crippen LogP contribution in [0.2, 0.25) is 0 Å². The number of nitrogens with zero attached hydrogens (tertiary/aromatic N) is 5. The van der Waals surface area contributed by atoms with Gasteiger partial charge in [-0.05, 0) is 13.0 Å². The molecule has 1 aliphatic heterocycles. The maximum Gasteiger partial charge on any atom is 0.262 e. The third-order valence-corrected chi connectivity index (χ3v) is 5.99. The van der Waals surface area contributed by atoms with Crippen LogP contribution in [0.5, 0.6) is 0 Å². The van der Waals surface area contributed by atoms with Gasteiger partial charge in [0.05, 0.1) is 12.4 Å². The minimum atomic E-state index is -3.59. The highest BCUT2D eigenvalue weighted by Gasteiger charge is 2.35. The molecule has 2 aromatic heterocycles. The fourth-order valence-electron chi connectivity index (χ4n) is 2.95. The van der Waals surface area contributed by atoms with Crippen molar-refractivity contribution in [2.24, 2.45) is 5.92 Å². The van der Waals surface area contributed by atoms with Crippen molar-refractivity contribution in [3.05, 3.63) is 30.7 Å². The highest BCUT2D eigenvalue weighted by atomic mass is 32.2. The summed E-state index contributed by atoms with van der Waals surface area (Å²) < 4.78 is 29.2. The highest BCUT2D eigenvalue weighted by Crippen LogP contribution is 2.25. The van der Waals surface area contributed by atoms with Crippen molar-refractivity contribution in [2.45, 2.75) is 31.5 Å². The maximum atomic E-state index is 12.9. The zero-order chi connectivity index (χ0) is 17.3. The molecule has 0 unspecified atom stereocenters. The average Bonchev–Trinajstić information content (AvgIpc) is 3.18. The minimum Gasteiger partial charge on any atom is -0.347 e. The van der Waals surface area contributed by atoms with Crippen LogP contribution in [0, 0.1) is 5.92 Å². The van der Waals surface area contributed by atoms with E-state index < -0.39 is 10.0 Å². The maximum absolute atomic E-state index is 12.9. The lowest BCUT2D eigenvalue weighted by Crippen LogP contribution is -2.49. The van der Waals surface area contributed by atoms with E-state index in [2.05, 4.69) is 33.7 Å². The molecule has 1 aliphatic rings. The smallest absolute Gasteiger partial charge is 0.262 e. The van der Waals surface area contributed by atoms with Crippen molar-refractivity contribution in [1.82, 2.24) is 28.7 Å². The topological polar surface area (TPSA) is 87.1 Å². The van der Waals surface area contributed by atoms with Crippen LogP contribution in [0.3, 0.4) is 0 Å². The first kappa shape index (κ1) is 17.1. The summed E-state index contributed by atoms with van der Waals surface area (Å²) in [6.45, 7) is 6.39. The molecule has 3 heterocycles. The van der Waals surface area contributed by atoms with Gasteiger partial charge in [0.25, 0.3) is 10.0 Å². The molecule has 3 rings (SSSR count). The van der Waals surface area contributed by atoms with E-state index in [1.54, 1.807) is 24.9 Å². The number of imidazole rings is 2. The molecule has 0 saturated carbocycles. The Morgan fingerprint density at radius 1 is 1.33 bits per heavy atom. The Bertz CT molecular complexity index is 768. The molecule has 0 amide bonds. The van der Waals surface area contributed by atoms with Gasteiger partial charge in [0.2, 0.25) is 0 Å². The van der Waals surface area contributed by atoms with Crippen LogP contribution in [0.15, 0.2) is 29.9 Å². The molecule has 8 nitrogen and oxygen atoms in total. The number of sulfonamides is 1. The fraction of sp³-hybridized carbons (Fsp3) is 0.600. The summed E-state index contributed by atoms with van der Waals surface area (Å²) in [5.74, 6) is 1.21. The summed E-state index contributed by atoms with van der Waals surface area (Å²) >= 11 is 0. The zero-order valence-electron chi connectivity index (χ0n) is 14.3. The van der Waals surface area contributed by atoms with Crippen LogP contribution in [-0.4, -0.2) is 63.8 Å². The Balaban J connectivity index is 1.80. The van der Waals surface area contributed by atoms with Gasteiger partial charge in [-0.1, -0.05) is 13.8 Å². The van der Waals surface area contributed by atoms with Crippen LogP contribution >= 0.6 is 0 Å². The van der Waals surface area contributed by atoms with Crippen LogP contribution in [0.4, 0.5) is 0 Å². The van der Waals surface area contributed by atoms with Gasteiger partial charge in [0.15, 0.2) is 5.03 Å².